The van der Waals surface area contributed by atoms with Crippen molar-refractivity contribution in [1.29, 1.82) is 0 Å². The lowest BCUT2D eigenvalue weighted by molar-refractivity contribution is -0.152. The van der Waals surface area contributed by atoms with Crippen LogP contribution in [0.2, 0.25) is 0 Å². The number of nitrogens with one attached hydrogen (secondary N) is 1. The molecule has 1 N–H and O–H groups in total. The Bertz CT molecular complexity index is 1060. The zero-order chi connectivity index (χ0) is 25.5. The molecule has 8 heteroatoms. The minimum atomic E-state index is -0.644. The normalized spacial score (nSPS) is 19.2. The molecule has 194 valence electrons. The highest BCUT2D eigenvalue weighted by atomic mass is 19.1. The van der Waals surface area contributed by atoms with Crippen molar-refractivity contribution in [2.24, 2.45) is 5.92 Å². The molecule has 1 aliphatic heterocycles. The number of halogens is 1. The fraction of sp³-hybridized carbons (Fsp3) is 0.500. The predicted octanol–water partition coefficient (Wildman–Crippen LogP) is 4.63. The van der Waals surface area contributed by atoms with Gasteiger partial charge in [0.15, 0.2) is 0 Å². The lowest BCUT2D eigenvalue weighted by Gasteiger charge is -2.38. The van der Waals surface area contributed by atoms with Crippen LogP contribution in [0, 0.1) is 18.7 Å². The van der Waals surface area contributed by atoms with Gasteiger partial charge in [-0.05, 0) is 37.0 Å². The summed E-state index contributed by atoms with van der Waals surface area (Å²) < 4.78 is 32.3. The Morgan fingerprint density at radius 3 is 2.72 bits per heavy atom. The van der Waals surface area contributed by atoms with Gasteiger partial charge in [-0.1, -0.05) is 54.8 Å². The van der Waals surface area contributed by atoms with Crippen molar-refractivity contribution in [3.05, 3.63) is 59.4 Å². The van der Waals surface area contributed by atoms with E-state index in [4.69, 9.17) is 9.47 Å². The standard InChI is InChI=1S/C28H35FN2O5/c1-19-7-5-10-21(17-19)25-22(11-6-12-23(25)29)26(36-15-13-30-28(33)34-2)24-18-31(14-16-35-24)27(32)20-8-3-4-9-20/h5-7,10-12,17,20,24,26H,3-4,8-9,13-16,18H2,1-2H3,(H,30,33)/t24-,26+/m1/s1. The smallest absolute Gasteiger partial charge is 0.406 e. The van der Waals surface area contributed by atoms with Crippen molar-refractivity contribution < 1.29 is 28.2 Å². The number of rotatable bonds is 8. The van der Waals surface area contributed by atoms with Crippen LogP contribution in [-0.2, 0) is 19.0 Å². The number of alkyl carbamates (subject to hydrolysis) is 1. The minimum absolute atomic E-state index is 0.0735. The highest BCUT2D eigenvalue weighted by Crippen LogP contribution is 2.37. The summed E-state index contributed by atoms with van der Waals surface area (Å²) in [6.45, 7) is 3.64. The van der Waals surface area contributed by atoms with E-state index in [-0.39, 0.29) is 30.8 Å². The fourth-order valence-corrected chi connectivity index (χ4v) is 5.18. The van der Waals surface area contributed by atoms with Crippen molar-refractivity contribution in [2.75, 3.05) is 40.0 Å². The van der Waals surface area contributed by atoms with Crippen LogP contribution in [0.3, 0.4) is 0 Å². The van der Waals surface area contributed by atoms with Gasteiger partial charge in [-0.2, -0.15) is 0 Å². The molecule has 1 heterocycles. The van der Waals surface area contributed by atoms with Gasteiger partial charge in [0, 0.05) is 31.1 Å². The molecule has 2 aliphatic rings. The Morgan fingerprint density at radius 2 is 1.97 bits per heavy atom. The second-order valence-electron chi connectivity index (χ2n) is 9.46. The van der Waals surface area contributed by atoms with Crippen LogP contribution in [0.1, 0.15) is 42.9 Å². The summed E-state index contributed by atoms with van der Waals surface area (Å²) in [5.41, 5.74) is 2.87. The Kier molecular flexibility index (Phi) is 8.93. The van der Waals surface area contributed by atoms with Gasteiger partial charge in [-0.25, -0.2) is 9.18 Å². The van der Waals surface area contributed by atoms with Crippen LogP contribution >= 0.6 is 0 Å². The van der Waals surface area contributed by atoms with Crippen LogP contribution in [0.4, 0.5) is 9.18 Å². The molecule has 36 heavy (non-hydrogen) atoms. The molecule has 1 saturated carbocycles. The largest absolute Gasteiger partial charge is 0.453 e. The zero-order valence-electron chi connectivity index (χ0n) is 21.0. The number of morpholine rings is 1. The quantitative estimate of drug-likeness (QED) is 0.537. The molecule has 2 atom stereocenters. The lowest BCUT2D eigenvalue weighted by Crippen LogP contribution is -2.49. The molecule has 0 bridgehead atoms. The molecular weight excluding hydrogens is 463 g/mol. The number of benzene rings is 2. The van der Waals surface area contributed by atoms with E-state index in [1.54, 1.807) is 6.07 Å². The van der Waals surface area contributed by atoms with Crippen molar-refractivity contribution in [3.8, 4) is 11.1 Å². The van der Waals surface area contributed by atoms with Crippen LogP contribution in [-0.4, -0.2) is 63.0 Å². The Labute approximate surface area is 211 Å². The number of methoxy groups -OCH3 is 1. The predicted molar refractivity (Wildman–Crippen MR) is 134 cm³/mol. The van der Waals surface area contributed by atoms with Gasteiger partial charge in [0.2, 0.25) is 5.91 Å². The molecule has 2 aromatic carbocycles. The van der Waals surface area contributed by atoms with Gasteiger partial charge in [0.25, 0.3) is 0 Å². The molecule has 1 saturated heterocycles. The second-order valence-corrected chi connectivity index (χ2v) is 9.46. The van der Waals surface area contributed by atoms with E-state index in [1.807, 2.05) is 42.2 Å². The summed E-state index contributed by atoms with van der Waals surface area (Å²) in [5.74, 6) is -0.108. The second kappa shape index (κ2) is 12.3. The molecular formula is C28H35FN2O5. The molecule has 0 spiro atoms. The molecule has 0 unspecified atom stereocenters. The summed E-state index contributed by atoms with van der Waals surface area (Å²) in [6, 6.07) is 12.6. The number of carbonyl (C=O) groups is 2. The third-order valence-electron chi connectivity index (χ3n) is 6.96. The number of nitrogens with zero attached hydrogens (tertiary/aromatic N) is 1. The van der Waals surface area contributed by atoms with Gasteiger partial charge in [0.1, 0.15) is 18.0 Å². The molecule has 7 nitrogen and oxygen atoms in total. The minimum Gasteiger partial charge on any atom is -0.453 e. The molecule has 2 fully saturated rings. The van der Waals surface area contributed by atoms with Crippen molar-refractivity contribution >= 4 is 12.0 Å². The van der Waals surface area contributed by atoms with Crippen LogP contribution in [0.5, 0.6) is 0 Å². The molecule has 0 aromatic heterocycles. The maximum absolute atomic E-state index is 15.3. The first kappa shape index (κ1) is 26.1. The Hall–Kier alpha value is -2.97. The Morgan fingerprint density at radius 1 is 1.19 bits per heavy atom. The first-order chi connectivity index (χ1) is 17.5. The van der Waals surface area contributed by atoms with Crippen LogP contribution in [0.25, 0.3) is 11.1 Å². The van der Waals surface area contributed by atoms with E-state index in [0.29, 0.717) is 30.8 Å². The van der Waals surface area contributed by atoms with Crippen LogP contribution < -0.4 is 5.32 Å². The summed E-state index contributed by atoms with van der Waals surface area (Å²) in [4.78, 5) is 26.5. The maximum atomic E-state index is 15.3. The highest BCUT2D eigenvalue weighted by molar-refractivity contribution is 5.79. The maximum Gasteiger partial charge on any atom is 0.406 e. The SMILES string of the molecule is COC(=O)NCCO[C@@H](c1cccc(F)c1-c1cccc(C)c1)[C@H]1CN(C(=O)C2CCCC2)CCO1. The van der Waals surface area contributed by atoms with E-state index in [0.717, 1.165) is 36.8 Å². The van der Waals surface area contributed by atoms with Crippen molar-refractivity contribution in [2.45, 2.75) is 44.8 Å². The number of hydrogen-bond acceptors (Lipinski definition) is 5. The van der Waals surface area contributed by atoms with Crippen molar-refractivity contribution in [3.63, 3.8) is 0 Å². The van der Waals surface area contributed by atoms with E-state index in [1.165, 1.54) is 13.2 Å². The molecule has 1 aliphatic carbocycles. The third kappa shape index (κ3) is 6.23. The molecule has 4 rings (SSSR count). The summed E-state index contributed by atoms with van der Waals surface area (Å²) in [7, 11) is 1.30. The Balaban J connectivity index is 1.62. The van der Waals surface area contributed by atoms with E-state index < -0.39 is 18.3 Å². The number of hydrogen-bond donors (Lipinski definition) is 1. The third-order valence-corrected chi connectivity index (χ3v) is 6.96. The van der Waals surface area contributed by atoms with E-state index in [9.17, 15) is 9.59 Å². The van der Waals surface area contributed by atoms with Gasteiger partial charge >= 0.3 is 6.09 Å². The van der Waals surface area contributed by atoms with Gasteiger partial charge in [0.05, 0.1) is 20.3 Å². The molecule has 2 aromatic rings. The number of amides is 2. The monoisotopic (exact) mass is 498 g/mol. The topological polar surface area (TPSA) is 77.1 Å². The summed E-state index contributed by atoms with van der Waals surface area (Å²) >= 11 is 0. The number of aryl methyl sites for hydroxylation is 1. The van der Waals surface area contributed by atoms with Gasteiger partial charge in [-0.15, -0.1) is 0 Å². The lowest BCUT2D eigenvalue weighted by atomic mass is 9.91. The van der Waals surface area contributed by atoms with E-state index >= 15 is 4.39 Å². The first-order valence-electron chi connectivity index (χ1n) is 12.7. The highest BCUT2D eigenvalue weighted by Gasteiger charge is 2.36. The molecule has 2 amide bonds. The fourth-order valence-electron chi connectivity index (χ4n) is 5.18. The number of carbonyl (C=O) groups excluding carboxylic acids is 2. The van der Waals surface area contributed by atoms with E-state index in [2.05, 4.69) is 10.1 Å². The van der Waals surface area contributed by atoms with Gasteiger partial charge < -0.3 is 24.4 Å². The average molecular weight is 499 g/mol. The first-order valence-corrected chi connectivity index (χ1v) is 12.7. The zero-order valence-corrected chi connectivity index (χ0v) is 21.0. The average Bonchev–Trinajstić information content (AvgIpc) is 3.43. The van der Waals surface area contributed by atoms with Gasteiger partial charge in [-0.3, -0.25) is 4.79 Å². The number of ether oxygens (including phenoxy) is 3. The van der Waals surface area contributed by atoms with Crippen molar-refractivity contribution in [1.82, 2.24) is 10.2 Å². The molecule has 0 radical (unpaired) electrons. The summed E-state index contributed by atoms with van der Waals surface area (Å²) in [6.07, 6.45) is 2.37. The van der Waals surface area contributed by atoms with Crippen LogP contribution in [0.15, 0.2) is 42.5 Å². The summed E-state index contributed by atoms with van der Waals surface area (Å²) in [5, 5.41) is 2.61.